The fourth-order valence-electron chi connectivity index (χ4n) is 1.63. The van der Waals surface area contributed by atoms with Gasteiger partial charge in [-0.2, -0.15) is 0 Å². The first kappa shape index (κ1) is 11.9. The average Bonchev–Trinajstić information content (AvgIpc) is 2.08. The molecule has 0 heterocycles. The zero-order valence-corrected chi connectivity index (χ0v) is 9.76. The fourth-order valence-corrected chi connectivity index (χ4v) is 1.63. The van der Waals surface area contributed by atoms with Crippen LogP contribution in [0, 0.1) is 13.8 Å². The lowest BCUT2D eigenvalue weighted by atomic mass is 9.91. The number of rotatable bonds is 2. The van der Waals surface area contributed by atoms with Crippen molar-refractivity contribution in [1.29, 1.82) is 0 Å². The third kappa shape index (κ3) is 2.63. The summed E-state index contributed by atoms with van der Waals surface area (Å²) in [6, 6.07) is 1.59. The lowest BCUT2D eigenvalue weighted by Crippen LogP contribution is -2.34. The molecule has 0 aromatic heterocycles. The van der Waals surface area contributed by atoms with E-state index in [0.717, 1.165) is 11.1 Å². The maximum absolute atomic E-state index is 9.53. The van der Waals surface area contributed by atoms with Crippen molar-refractivity contribution < 1.29 is 10.2 Å². The maximum Gasteiger partial charge on any atom is 0.160 e. The van der Waals surface area contributed by atoms with Crippen LogP contribution in [0.1, 0.15) is 30.5 Å². The van der Waals surface area contributed by atoms with E-state index in [1.807, 2.05) is 20.8 Å². The van der Waals surface area contributed by atoms with Gasteiger partial charge in [0.05, 0.1) is 0 Å². The summed E-state index contributed by atoms with van der Waals surface area (Å²) in [5, 5.41) is 19.0. The lowest BCUT2D eigenvalue weighted by molar-refractivity contribution is 0.399. The van der Waals surface area contributed by atoms with Gasteiger partial charge in [-0.3, -0.25) is 0 Å². The molecule has 0 unspecified atom stereocenters. The second-order valence-electron chi connectivity index (χ2n) is 4.82. The third-order valence-corrected chi connectivity index (χ3v) is 2.60. The average molecular weight is 209 g/mol. The summed E-state index contributed by atoms with van der Waals surface area (Å²) in [6.07, 6.45) is 0.674. The summed E-state index contributed by atoms with van der Waals surface area (Å²) in [6.45, 7) is 7.59. The molecule has 4 N–H and O–H groups in total. The molecule has 3 heteroatoms. The van der Waals surface area contributed by atoms with E-state index in [9.17, 15) is 10.2 Å². The molecule has 0 saturated heterocycles. The van der Waals surface area contributed by atoms with Gasteiger partial charge in [-0.15, -0.1) is 0 Å². The number of phenolic OH excluding ortho intramolecular Hbond substituents is 2. The highest BCUT2D eigenvalue weighted by atomic mass is 16.3. The van der Waals surface area contributed by atoms with Crippen LogP contribution in [-0.4, -0.2) is 15.8 Å². The van der Waals surface area contributed by atoms with Crippen LogP contribution in [0.4, 0.5) is 0 Å². The summed E-state index contributed by atoms with van der Waals surface area (Å²) < 4.78 is 0. The Bertz CT molecular complexity index is 378. The van der Waals surface area contributed by atoms with Crippen molar-refractivity contribution in [2.75, 3.05) is 0 Å². The monoisotopic (exact) mass is 209 g/mol. The zero-order valence-electron chi connectivity index (χ0n) is 9.76. The van der Waals surface area contributed by atoms with Crippen LogP contribution < -0.4 is 5.73 Å². The van der Waals surface area contributed by atoms with Gasteiger partial charge in [0.1, 0.15) is 0 Å². The molecule has 0 atom stereocenters. The normalized spacial score (nSPS) is 11.8. The fraction of sp³-hybridized carbons (Fsp3) is 0.500. The van der Waals surface area contributed by atoms with Crippen molar-refractivity contribution in [2.45, 2.75) is 39.7 Å². The first-order valence-electron chi connectivity index (χ1n) is 5.02. The summed E-state index contributed by atoms with van der Waals surface area (Å²) in [5.41, 5.74) is 8.30. The second-order valence-corrected chi connectivity index (χ2v) is 4.82. The van der Waals surface area contributed by atoms with Gasteiger partial charge in [0.2, 0.25) is 0 Å². The molecule has 0 aliphatic rings. The number of nitrogens with two attached hydrogens (primary N) is 1. The predicted molar refractivity (Wildman–Crippen MR) is 61.2 cm³/mol. The van der Waals surface area contributed by atoms with E-state index in [-0.39, 0.29) is 17.0 Å². The van der Waals surface area contributed by atoms with Gasteiger partial charge in [-0.25, -0.2) is 0 Å². The van der Waals surface area contributed by atoms with E-state index in [0.29, 0.717) is 12.0 Å². The van der Waals surface area contributed by atoms with Crippen LogP contribution in [0.2, 0.25) is 0 Å². The molecule has 0 aliphatic heterocycles. The maximum atomic E-state index is 9.53. The highest BCUT2D eigenvalue weighted by molar-refractivity contribution is 5.52. The van der Waals surface area contributed by atoms with E-state index >= 15 is 0 Å². The highest BCUT2D eigenvalue weighted by Gasteiger charge is 2.17. The zero-order chi connectivity index (χ0) is 11.8. The summed E-state index contributed by atoms with van der Waals surface area (Å²) >= 11 is 0. The first-order valence-corrected chi connectivity index (χ1v) is 5.02. The van der Waals surface area contributed by atoms with Crippen molar-refractivity contribution in [1.82, 2.24) is 0 Å². The summed E-state index contributed by atoms with van der Waals surface area (Å²) in [4.78, 5) is 0. The molecule has 1 aromatic rings. The van der Waals surface area contributed by atoms with Gasteiger partial charge in [-0.05, 0) is 56.9 Å². The van der Waals surface area contributed by atoms with Gasteiger partial charge in [0.15, 0.2) is 11.5 Å². The molecule has 3 nitrogen and oxygen atoms in total. The van der Waals surface area contributed by atoms with Gasteiger partial charge < -0.3 is 15.9 Å². The van der Waals surface area contributed by atoms with Crippen LogP contribution in [0.25, 0.3) is 0 Å². The van der Waals surface area contributed by atoms with E-state index < -0.39 is 0 Å². The molecule has 0 bridgehead atoms. The Morgan fingerprint density at radius 1 is 1.20 bits per heavy atom. The van der Waals surface area contributed by atoms with Crippen LogP contribution in [0.5, 0.6) is 11.5 Å². The van der Waals surface area contributed by atoms with Gasteiger partial charge in [0, 0.05) is 5.54 Å². The third-order valence-electron chi connectivity index (χ3n) is 2.60. The molecular formula is C12H19NO2. The van der Waals surface area contributed by atoms with Crippen molar-refractivity contribution in [2.24, 2.45) is 5.73 Å². The minimum Gasteiger partial charge on any atom is -0.504 e. The number of hydrogen-bond acceptors (Lipinski definition) is 3. The Balaban J connectivity index is 3.21. The minimum absolute atomic E-state index is 0.0360. The number of aromatic hydroxyl groups is 2. The minimum atomic E-state index is -0.319. The molecule has 1 rings (SSSR count). The van der Waals surface area contributed by atoms with Crippen molar-refractivity contribution >= 4 is 0 Å². The topological polar surface area (TPSA) is 66.5 Å². The number of benzene rings is 1. The van der Waals surface area contributed by atoms with E-state index in [1.165, 1.54) is 0 Å². The molecule has 15 heavy (non-hydrogen) atoms. The van der Waals surface area contributed by atoms with Crippen molar-refractivity contribution in [3.8, 4) is 11.5 Å². The Morgan fingerprint density at radius 2 is 1.73 bits per heavy atom. The SMILES string of the molecule is Cc1c(CC(C)(C)N)cc(O)c(O)c1C. The Kier molecular flexibility index (Phi) is 2.95. The van der Waals surface area contributed by atoms with Crippen molar-refractivity contribution in [3.05, 3.63) is 22.8 Å². The molecule has 0 radical (unpaired) electrons. The predicted octanol–water partition coefficient (Wildman–Crippen LogP) is 1.99. The quantitative estimate of drug-likeness (QED) is 0.653. The van der Waals surface area contributed by atoms with E-state index in [2.05, 4.69) is 0 Å². The van der Waals surface area contributed by atoms with Crippen LogP contribution in [0.3, 0.4) is 0 Å². The van der Waals surface area contributed by atoms with Crippen molar-refractivity contribution in [3.63, 3.8) is 0 Å². The lowest BCUT2D eigenvalue weighted by Gasteiger charge is -2.21. The highest BCUT2D eigenvalue weighted by Crippen LogP contribution is 2.34. The molecule has 1 aromatic carbocycles. The smallest absolute Gasteiger partial charge is 0.160 e. The Hall–Kier alpha value is -1.22. The van der Waals surface area contributed by atoms with Gasteiger partial charge in [0.25, 0.3) is 0 Å². The number of hydrogen-bond donors (Lipinski definition) is 3. The van der Waals surface area contributed by atoms with Gasteiger partial charge in [-0.1, -0.05) is 0 Å². The molecule has 0 aliphatic carbocycles. The molecule has 0 fully saturated rings. The molecule has 0 spiro atoms. The first-order chi connectivity index (χ1) is 6.72. The van der Waals surface area contributed by atoms with Gasteiger partial charge >= 0.3 is 0 Å². The Morgan fingerprint density at radius 3 is 2.20 bits per heavy atom. The standard InChI is InChI=1S/C12H19NO2/c1-7-8(2)11(15)10(14)5-9(7)6-12(3,4)13/h5,14-15H,6,13H2,1-4H3. The molecule has 0 saturated carbocycles. The van der Waals surface area contributed by atoms with Crippen LogP contribution in [-0.2, 0) is 6.42 Å². The Labute approximate surface area is 90.5 Å². The summed E-state index contributed by atoms with van der Waals surface area (Å²) in [5.74, 6) is -0.108. The molecule has 0 amide bonds. The largest absolute Gasteiger partial charge is 0.504 e. The number of phenols is 2. The second kappa shape index (κ2) is 3.74. The van der Waals surface area contributed by atoms with Crippen LogP contribution in [0.15, 0.2) is 6.07 Å². The molecular weight excluding hydrogens is 190 g/mol. The van der Waals surface area contributed by atoms with E-state index in [4.69, 9.17) is 5.73 Å². The molecule has 84 valence electrons. The van der Waals surface area contributed by atoms with Crippen LogP contribution >= 0.6 is 0 Å². The summed E-state index contributed by atoms with van der Waals surface area (Å²) in [7, 11) is 0. The van der Waals surface area contributed by atoms with E-state index in [1.54, 1.807) is 13.0 Å².